The monoisotopic (exact) mass is 619 g/mol. The zero-order chi connectivity index (χ0) is 32.6. The molecule has 5 aromatic rings. The van der Waals surface area contributed by atoms with Crippen LogP contribution in [0.15, 0.2) is 79.0 Å². The van der Waals surface area contributed by atoms with Crippen molar-refractivity contribution in [1.82, 2.24) is 14.5 Å². The SMILES string of the molecule is CCOC(=O)c1c(CN(CC)CC)n(-c2ccc(OC)cc2)c2ccc(Oc3nccc(Nc4ccc(OC)cc4)c3C#N)cc12. The first-order valence-electron chi connectivity index (χ1n) is 15.1. The molecule has 0 saturated carbocycles. The number of carbonyl (C=O) groups excluding carboxylic acids is 1. The fourth-order valence-corrected chi connectivity index (χ4v) is 5.33. The quantitative estimate of drug-likeness (QED) is 0.134. The Balaban J connectivity index is 1.62. The predicted molar refractivity (Wildman–Crippen MR) is 178 cm³/mol. The van der Waals surface area contributed by atoms with Crippen molar-refractivity contribution in [3.05, 3.63) is 95.8 Å². The van der Waals surface area contributed by atoms with Gasteiger partial charge in [0.25, 0.3) is 0 Å². The van der Waals surface area contributed by atoms with Gasteiger partial charge in [0.2, 0.25) is 5.88 Å². The van der Waals surface area contributed by atoms with Gasteiger partial charge in [-0.2, -0.15) is 5.26 Å². The van der Waals surface area contributed by atoms with Gasteiger partial charge in [-0.3, -0.25) is 4.90 Å². The van der Waals surface area contributed by atoms with E-state index in [0.29, 0.717) is 28.9 Å². The zero-order valence-electron chi connectivity index (χ0n) is 26.7. The highest BCUT2D eigenvalue weighted by atomic mass is 16.5. The Kier molecular flexibility index (Phi) is 10.0. The number of nitriles is 1. The molecule has 0 aliphatic heterocycles. The normalized spacial score (nSPS) is 10.9. The second-order valence-corrected chi connectivity index (χ2v) is 10.3. The molecule has 0 radical (unpaired) electrons. The van der Waals surface area contributed by atoms with Crippen LogP contribution >= 0.6 is 0 Å². The number of nitrogens with zero attached hydrogens (tertiary/aromatic N) is 4. The van der Waals surface area contributed by atoms with Crippen molar-refractivity contribution in [1.29, 1.82) is 5.26 Å². The van der Waals surface area contributed by atoms with Crippen LogP contribution in [0.4, 0.5) is 11.4 Å². The highest BCUT2D eigenvalue weighted by molar-refractivity contribution is 6.07. The number of fused-ring (bicyclic) bond motifs is 1. The second kappa shape index (κ2) is 14.5. The maximum atomic E-state index is 13.6. The maximum absolute atomic E-state index is 13.6. The molecule has 0 unspecified atom stereocenters. The van der Waals surface area contributed by atoms with Crippen LogP contribution in [0.2, 0.25) is 0 Å². The Morgan fingerprint density at radius 3 is 2.17 bits per heavy atom. The molecule has 0 fully saturated rings. The number of rotatable bonds is 13. The molecule has 0 aliphatic rings. The fourth-order valence-electron chi connectivity index (χ4n) is 5.33. The van der Waals surface area contributed by atoms with E-state index in [9.17, 15) is 10.1 Å². The Morgan fingerprint density at radius 2 is 1.57 bits per heavy atom. The smallest absolute Gasteiger partial charge is 0.340 e. The van der Waals surface area contributed by atoms with E-state index in [-0.39, 0.29) is 18.1 Å². The molecular weight excluding hydrogens is 582 g/mol. The van der Waals surface area contributed by atoms with Gasteiger partial charge in [0.1, 0.15) is 28.9 Å². The minimum absolute atomic E-state index is 0.135. The van der Waals surface area contributed by atoms with Gasteiger partial charge in [0, 0.05) is 29.5 Å². The van der Waals surface area contributed by atoms with Crippen LogP contribution in [0.1, 0.15) is 42.4 Å². The minimum atomic E-state index is -0.416. The number of nitrogens with one attached hydrogen (secondary N) is 1. The lowest BCUT2D eigenvalue weighted by Gasteiger charge is -2.21. The van der Waals surface area contributed by atoms with Gasteiger partial charge in [-0.1, -0.05) is 13.8 Å². The number of aromatic nitrogens is 2. The Morgan fingerprint density at radius 1 is 0.913 bits per heavy atom. The van der Waals surface area contributed by atoms with Crippen LogP contribution < -0.4 is 19.5 Å². The Labute approximate surface area is 268 Å². The highest BCUT2D eigenvalue weighted by Crippen LogP contribution is 2.37. The second-order valence-electron chi connectivity index (χ2n) is 10.3. The van der Waals surface area contributed by atoms with Crippen molar-refractivity contribution in [2.75, 3.05) is 39.2 Å². The summed E-state index contributed by atoms with van der Waals surface area (Å²) >= 11 is 0. The first kappa shape index (κ1) is 31.9. The number of carbonyl (C=O) groups is 1. The molecule has 46 heavy (non-hydrogen) atoms. The van der Waals surface area contributed by atoms with Crippen molar-refractivity contribution in [3.63, 3.8) is 0 Å². The molecular formula is C36H37N5O5. The van der Waals surface area contributed by atoms with Gasteiger partial charge >= 0.3 is 5.97 Å². The van der Waals surface area contributed by atoms with Crippen molar-refractivity contribution in [2.45, 2.75) is 27.3 Å². The van der Waals surface area contributed by atoms with Gasteiger partial charge in [-0.25, -0.2) is 9.78 Å². The lowest BCUT2D eigenvalue weighted by Crippen LogP contribution is -2.25. The van der Waals surface area contributed by atoms with Gasteiger partial charge in [-0.15, -0.1) is 0 Å². The number of methoxy groups -OCH3 is 2. The van der Waals surface area contributed by atoms with Crippen molar-refractivity contribution < 1.29 is 23.7 Å². The van der Waals surface area contributed by atoms with E-state index in [4.69, 9.17) is 18.9 Å². The molecule has 10 nitrogen and oxygen atoms in total. The molecule has 0 spiro atoms. The van der Waals surface area contributed by atoms with Crippen LogP contribution in [0.3, 0.4) is 0 Å². The largest absolute Gasteiger partial charge is 0.497 e. The Hall–Kier alpha value is -5.53. The van der Waals surface area contributed by atoms with Crippen molar-refractivity contribution >= 4 is 28.2 Å². The molecule has 0 bridgehead atoms. The maximum Gasteiger partial charge on any atom is 0.340 e. The average Bonchev–Trinajstić information content (AvgIpc) is 3.40. The Bertz CT molecular complexity index is 1860. The number of hydrogen-bond acceptors (Lipinski definition) is 9. The van der Waals surface area contributed by atoms with Crippen molar-refractivity contribution in [2.24, 2.45) is 0 Å². The van der Waals surface area contributed by atoms with Crippen LogP contribution in [0.5, 0.6) is 23.1 Å². The molecule has 2 heterocycles. The number of benzene rings is 3. The van der Waals surface area contributed by atoms with E-state index in [0.717, 1.165) is 47.2 Å². The summed E-state index contributed by atoms with van der Waals surface area (Å²) in [6, 6.07) is 24.6. The summed E-state index contributed by atoms with van der Waals surface area (Å²) in [6.07, 6.45) is 1.58. The lowest BCUT2D eigenvalue weighted by molar-refractivity contribution is 0.0526. The fraction of sp³-hybridized carbons (Fsp3) is 0.250. The molecule has 10 heteroatoms. The average molecular weight is 620 g/mol. The predicted octanol–water partition coefficient (Wildman–Crippen LogP) is 7.47. The van der Waals surface area contributed by atoms with E-state index in [1.165, 1.54) is 0 Å². The van der Waals surface area contributed by atoms with Gasteiger partial charge in [-0.05, 0) is 92.8 Å². The lowest BCUT2D eigenvalue weighted by atomic mass is 10.1. The molecule has 0 amide bonds. The van der Waals surface area contributed by atoms with Crippen LogP contribution in [-0.2, 0) is 11.3 Å². The third-order valence-electron chi connectivity index (χ3n) is 7.73. The minimum Gasteiger partial charge on any atom is -0.497 e. The summed E-state index contributed by atoms with van der Waals surface area (Å²) in [5.41, 5.74) is 4.51. The summed E-state index contributed by atoms with van der Waals surface area (Å²) in [5, 5.41) is 14.0. The standard InChI is InChI=1S/C36H37N5O5/c1-6-40(7-2)23-33-34(36(42)45-8-3)29-21-28(17-18-32(29)41(33)25-11-15-27(44-5)16-12-25)46-35-30(22-37)31(19-20-38-35)39-24-9-13-26(43-4)14-10-24/h9-21H,6-8,23H2,1-5H3,(H,38,39). The van der Waals surface area contributed by atoms with Gasteiger partial charge in [0.05, 0.1) is 43.3 Å². The molecule has 236 valence electrons. The van der Waals surface area contributed by atoms with Gasteiger partial charge < -0.3 is 28.8 Å². The van der Waals surface area contributed by atoms with Crippen molar-refractivity contribution in [3.8, 4) is 34.9 Å². The molecule has 0 aliphatic carbocycles. The molecule has 0 saturated heterocycles. The molecule has 0 atom stereocenters. The molecule has 2 aromatic heterocycles. The topological polar surface area (TPSA) is 111 Å². The summed E-state index contributed by atoms with van der Waals surface area (Å²) in [5.74, 6) is 1.60. The van der Waals surface area contributed by atoms with E-state index in [2.05, 4.69) is 39.7 Å². The van der Waals surface area contributed by atoms with Crippen LogP contribution in [0.25, 0.3) is 16.6 Å². The highest BCUT2D eigenvalue weighted by Gasteiger charge is 2.26. The molecule has 5 rings (SSSR count). The summed E-state index contributed by atoms with van der Waals surface area (Å²) < 4.78 is 24.6. The number of ether oxygens (including phenoxy) is 4. The summed E-state index contributed by atoms with van der Waals surface area (Å²) in [4.78, 5) is 20.2. The first-order chi connectivity index (χ1) is 22.4. The summed E-state index contributed by atoms with van der Waals surface area (Å²) in [6.45, 7) is 8.35. The number of anilines is 2. The zero-order valence-corrected chi connectivity index (χ0v) is 26.7. The van der Waals surface area contributed by atoms with Crippen LogP contribution in [0, 0.1) is 11.3 Å². The van der Waals surface area contributed by atoms with E-state index in [1.807, 2.05) is 60.7 Å². The first-order valence-corrected chi connectivity index (χ1v) is 15.1. The molecule has 3 aromatic carbocycles. The number of pyridine rings is 1. The number of esters is 1. The molecule has 1 N–H and O–H groups in total. The van der Waals surface area contributed by atoms with Crippen LogP contribution in [-0.4, -0.2) is 54.3 Å². The van der Waals surface area contributed by atoms with E-state index in [1.54, 1.807) is 39.5 Å². The summed E-state index contributed by atoms with van der Waals surface area (Å²) in [7, 11) is 3.24. The van der Waals surface area contributed by atoms with E-state index >= 15 is 0 Å². The van der Waals surface area contributed by atoms with Gasteiger partial charge in [0.15, 0.2) is 0 Å². The van der Waals surface area contributed by atoms with E-state index < -0.39 is 5.97 Å². The third kappa shape index (κ3) is 6.60. The third-order valence-corrected chi connectivity index (χ3v) is 7.73. The number of hydrogen-bond donors (Lipinski definition) is 1.